The molecule has 0 aromatic carbocycles. The van der Waals surface area contributed by atoms with Crippen LogP contribution in [0, 0.1) is 0 Å². The van der Waals surface area contributed by atoms with E-state index in [9.17, 15) is 0 Å². The summed E-state index contributed by atoms with van der Waals surface area (Å²) in [6, 6.07) is 0. The number of rotatable bonds is 0. The van der Waals surface area contributed by atoms with E-state index in [2.05, 4.69) is 12.2 Å². The lowest BCUT2D eigenvalue weighted by Crippen LogP contribution is -2.67. The maximum absolute atomic E-state index is 6.36. The first-order valence-electron chi connectivity index (χ1n) is 7.42. The third-order valence-electron chi connectivity index (χ3n) is 5.43. The van der Waals surface area contributed by atoms with E-state index in [1.165, 1.54) is 0 Å². The third-order valence-corrected chi connectivity index (χ3v) is 5.43. The minimum Gasteiger partial charge on any atom is -0.372 e. The Balaban J connectivity index is 1.84. The zero-order chi connectivity index (χ0) is 12.1. The number of hydrogen-bond acceptors (Lipinski definition) is 3. The average molecular weight is 250 g/mol. The molecule has 4 rings (SSSR count). The molecule has 0 saturated carbocycles. The van der Waals surface area contributed by atoms with Gasteiger partial charge in [0.1, 0.15) is 16.8 Å². The van der Waals surface area contributed by atoms with E-state index < -0.39 is 0 Å². The molecule has 0 amide bonds. The smallest absolute Gasteiger partial charge is 0.130 e. The summed E-state index contributed by atoms with van der Waals surface area (Å²) >= 11 is 0. The highest BCUT2D eigenvalue weighted by molar-refractivity contribution is 5.29. The van der Waals surface area contributed by atoms with Crippen LogP contribution in [0.2, 0.25) is 0 Å². The van der Waals surface area contributed by atoms with E-state index in [-0.39, 0.29) is 16.8 Å². The highest BCUT2D eigenvalue weighted by Gasteiger charge is 2.68. The van der Waals surface area contributed by atoms with Crippen molar-refractivity contribution in [2.45, 2.75) is 61.7 Å². The molecule has 1 aliphatic carbocycles. The van der Waals surface area contributed by atoms with E-state index in [0.717, 1.165) is 64.8 Å². The average Bonchev–Trinajstić information content (AvgIpc) is 3.08. The van der Waals surface area contributed by atoms with Crippen molar-refractivity contribution in [3.63, 3.8) is 0 Å². The molecule has 3 atom stereocenters. The molecule has 0 radical (unpaired) electrons. The van der Waals surface area contributed by atoms with E-state index in [1.807, 2.05) is 0 Å². The van der Waals surface area contributed by atoms with E-state index in [4.69, 9.17) is 14.2 Å². The Morgan fingerprint density at radius 1 is 0.778 bits per heavy atom. The molecule has 0 aromatic heterocycles. The van der Waals surface area contributed by atoms with Gasteiger partial charge < -0.3 is 14.2 Å². The first-order chi connectivity index (χ1) is 8.83. The van der Waals surface area contributed by atoms with Crippen LogP contribution in [0.3, 0.4) is 0 Å². The fraction of sp³-hybridized carbons (Fsp3) is 0.867. The van der Waals surface area contributed by atoms with Crippen LogP contribution in [0.5, 0.6) is 0 Å². The Kier molecular flexibility index (Phi) is 2.42. The first-order valence-corrected chi connectivity index (χ1v) is 7.42. The molecule has 4 aliphatic rings. The van der Waals surface area contributed by atoms with Gasteiger partial charge in [-0.1, -0.05) is 12.2 Å². The predicted octanol–water partition coefficient (Wildman–Crippen LogP) is 2.59. The molecule has 0 N–H and O–H groups in total. The summed E-state index contributed by atoms with van der Waals surface area (Å²) in [5.41, 5.74) is -0.517. The van der Waals surface area contributed by atoms with Gasteiger partial charge in [0.15, 0.2) is 0 Å². The topological polar surface area (TPSA) is 27.7 Å². The Hall–Kier alpha value is -0.380. The highest BCUT2D eigenvalue weighted by atomic mass is 16.6. The van der Waals surface area contributed by atoms with Crippen LogP contribution in [-0.4, -0.2) is 36.6 Å². The number of ether oxygens (including phenoxy) is 3. The van der Waals surface area contributed by atoms with Gasteiger partial charge in [-0.2, -0.15) is 0 Å². The summed E-state index contributed by atoms with van der Waals surface area (Å²) in [5, 5.41) is 0. The summed E-state index contributed by atoms with van der Waals surface area (Å²) in [7, 11) is 0. The maximum atomic E-state index is 6.36. The van der Waals surface area contributed by atoms with Crippen LogP contribution in [0.15, 0.2) is 12.2 Å². The third kappa shape index (κ3) is 1.21. The fourth-order valence-electron chi connectivity index (χ4n) is 4.75. The van der Waals surface area contributed by atoms with Gasteiger partial charge in [0.05, 0.1) is 0 Å². The molecular weight excluding hydrogens is 228 g/mol. The molecule has 3 saturated heterocycles. The van der Waals surface area contributed by atoms with Crippen molar-refractivity contribution in [2.24, 2.45) is 0 Å². The summed E-state index contributed by atoms with van der Waals surface area (Å²) in [4.78, 5) is 0. The standard InChI is InChI=1S/C15H22O3/c1-5-13(7-2-10-16-13)15(9-4-12-18-15)14(6-1)8-3-11-17-14/h1,5H,2-4,6-12H2/t13-,14+,15-/m1/s1. The molecule has 3 aliphatic heterocycles. The Labute approximate surface area is 108 Å². The van der Waals surface area contributed by atoms with Gasteiger partial charge in [0, 0.05) is 19.8 Å². The van der Waals surface area contributed by atoms with Gasteiger partial charge in [-0.05, 0) is 44.9 Å². The lowest BCUT2D eigenvalue weighted by molar-refractivity contribution is -0.244. The normalized spacial score (nSPS) is 51.1. The van der Waals surface area contributed by atoms with Crippen molar-refractivity contribution in [1.29, 1.82) is 0 Å². The fourth-order valence-corrected chi connectivity index (χ4v) is 4.75. The van der Waals surface area contributed by atoms with Gasteiger partial charge in [-0.25, -0.2) is 0 Å². The van der Waals surface area contributed by atoms with Crippen molar-refractivity contribution in [3.05, 3.63) is 12.2 Å². The maximum Gasteiger partial charge on any atom is 0.130 e. The Morgan fingerprint density at radius 2 is 1.56 bits per heavy atom. The van der Waals surface area contributed by atoms with E-state index in [1.54, 1.807) is 0 Å². The van der Waals surface area contributed by atoms with Crippen LogP contribution < -0.4 is 0 Å². The molecule has 3 spiro atoms. The monoisotopic (exact) mass is 250 g/mol. The van der Waals surface area contributed by atoms with Gasteiger partial charge in [-0.15, -0.1) is 0 Å². The first kappa shape index (κ1) is 11.4. The molecular formula is C15H22O3. The van der Waals surface area contributed by atoms with E-state index in [0.29, 0.717) is 0 Å². The molecule has 3 fully saturated rings. The molecule has 18 heavy (non-hydrogen) atoms. The van der Waals surface area contributed by atoms with Gasteiger partial charge in [0.2, 0.25) is 0 Å². The minimum atomic E-state index is -0.207. The lowest BCUT2D eigenvalue weighted by atomic mass is 9.62. The second-order valence-electron chi connectivity index (χ2n) is 6.17. The van der Waals surface area contributed by atoms with Crippen LogP contribution in [0.25, 0.3) is 0 Å². The van der Waals surface area contributed by atoms with Crippen molar-refractivity contribution in [2.75, 3.05) is 19.8 Å². The Morgan fingerprint density at radius 3 is 2.22 bits per heavy atom. The summed E-state index contributed by atoms with van der Waals surface area (Å²) in [6.07, 6.45) is 12.3. The predicted molar refractivity (Wildman–Crippen MR) is 67.5 cm³/mol. The molecule has 0 bridgehead atoms. The minimum absolute atomic E-state index is 0.109. The van der Waals surface area contributed by atoms with Gasteiger partial charge in [-0.3, -0.25) is 0 Å². The molecule has 0 unspecified atom stereocenters. The number of hydrogen-bond donors (Lipinski definition) is 0. The van der Waals surface area contributed by atoms with Crippen LogP contribution >= 0.6 is 0 Å². The van der Waals surface area contributed by atoms with Crippen molar-refractivity contribution >= 4 is 0 Å². The molecule has 3 nitrogen and oxygen atoms in total. The summed E-state index contributed by atoms with van der Waals surface area (Å²) in [6.45, 7) is 2.62. The van der Waals surface area contributed by atoms with Crippen molar-refractivity contribution in [1.82, 2.24) is 0 Å². The highest BCUT2D eigenvalue weighted by Crippen LogP contribution is 2.58. The zero-order valence-corrected chi connectivity index (χ0v) is 11.0. The summed E-state index contributed by atoms with van der Waals surface area (Å²) < 4.78 is 18.8. The zero-order valence-electron chi connectivity index (χ0n) is 11.0. The largest absolute Gasteiger partial charge is 0.372 e. The molecule has 3 heterocycles. The quantitative estimate of drug-likeness (QED) is 0.618. The van der Waals surface area contributed by atoms with Gasteiger partial charge >= 0.3 is 0 Å². The Bertz CT molecular complexity index is 356. The molecule has 0 aromatic rings. The second-order valence-corrected chi connectivity index (χ2v) is 6.17. The molecule has 3 heteroatoms. The van der Waals surface area contributed by atoms with Gasteiger partial charge in [0.25, 0.3) is 0 Å². The van der Waals surface area contributed by atoms with Crippen LogP contribution in [0.1, 0.15) is 44.9 Å². The second kappa shape index (κ2) is 3.81. The van der Waals surface area contributed by atoms with Crippen LogP contribution in [0.4, 0.5) is 0 Å². The number of fused-ring (bicyclic) bond motifs is 2. The lowest BCUT2D eigenvalue weighted by Gasteiger charge is -2.55. The molecule has 100 valence electrons. The van der Waals surface area contributed by atoms with Crippen molar-refractivity contribution in [3.8, 4) is 0 Å². The SMILES string of the molecule is C1=C[C@@]2(CCCO2)[C@]2(CCCO2)[C@]2(C1)CCCO2. The summed E-state index contributed by atoms with van der Waals surface area (Å²) in [5.74, 6) is 0. The van der Waals surface area contributed by atoms with E-state index >= 15 is 0 Å². The van der Waals surface area contributed by atoms with Crippen LogP contribution in [-0.2, 0) is 14.2 Å². The van der Waals surface area contributed by atoms with Crippen molar-refractivity contribution < 1.29 is 14.2 Å².